The smallest absolute Gasteiger partial charge is 0.338 e. The molecule has 0 fully saturated rings. The lowest BCUT2D eigenvalue weighted by Crippen LogP contribution is -2.36. The highest BCUT2D eigenvalue weighted by Crippen LogP contribution is 2.12. The molecule has 0 atom stereocenters. The molecule has 0 aliphatic carbocycles. The third-order valence-corrected chi connectivity index (χ3v) is 3.02. The fraction of sp³-hybridized carbons (Fsp3) is 0.467. The molecule has 1 amide bonds. The minimum Gasteiger partial charge on any atom is -0.452 e. The lowest BCUT2D eigenvalue weighted by atomic mass is 10.1. The van der Waals surface area contributed by atoms with E-state index < -0.39 is 5.97 Å². The number of ether oxygens (including phenoxy) is 1. The van der Waals surface area contributed by atoms with Crippen molar-refractivity contribution < 1.29 is 14.3 Å². The molecule has 0 radical (unpaired) electrons. The molecule has 3 N–H and O–H groups in total. The van der Waals surface area contributed by atoms with Gasteiger partial charge in [0, 0.05) is 11.7 Å². The summed E-state index contributed by atoms with van der Waals surface area (Å²) in [4.78, 5) is 23.4. The van der Waals surface area contributed by atoms with Gasteiger partial charge >= 0.3 is 5.97 Å². The van der Waals surface area contributed by atoms with Crippen LogP contribution in [0.5, 0.6) is 0 Å². The molecular weight excluding hydrogens is 256 g/mol. The standard InChI is InChI=1S/C15H22N2O3/c1-4-13(5-2)17-14(18)9-20-15(19)11-6-10(3)7-12(16)8-11/h6-8,13H,4-5,9,16H2,1-3H3,(H,17,18). The quantitative estimate of drug-likeness (QED) is 0.616. The van der Waals surface area contributed by atoms with E-state index in [2.05, 4.69) is 5.32 Å². The van der Waals surface area contributed by atoms with Gasteiger partial charge < -0.3 is 15.8 Å². The van der Waals surface area contributed by atoms with Crippen LogP contribution in [-0.2, 0) is 9.53 Å². The highest BCUT2D eigenvalue weighted by molar-refractivity contribution is 5.92. The van der Waals surface area contributed by atoms with Crippen molar-refractivity contribution in [3.8, 4) is 0 Å². The molecule has 0 saturated heterocycles. The summed E-state index contributed by atoms with van der Waals surface area (Å²) in [7, 11) is 0. The number of hydrogen-bond donors (Lipinski definition) is 2. The van der Waals surface area contributed by atoms with E-state index in [4.69, 9.17) is 10.5 Å². The molecule has 0 aliphatic rings. The summed E-state index contributed by atoms with van der Waals surface area (Å²) < 4.78 is 4.98. The summed E-state index contributed by atoms with van der Waals surface area (Å²) >= 11 is 0. The molecule has 110 valence electrons. The predicted molar refractivity (Wildman–Crippen MR) is 78.4 cm³/mol. The zero-order valence-corrected chi connectivity index (χ0v) is 12.2. The van der Waals surface area contributed by atoms with Gasteiger partial charge in [-0.25, -0.2) is 4.79 Å². The van der Waals surface area contributed by atoms with Gasteiger partial charge in [-0.15, -0.1) is 0 Å². The number of nitrogen functional groups attached to an aromatic ring is 1. The molecule has 1 rings (SSSR count). The van der Waals surface area contributed by atoms with Crippen molar-refractivity contribution in [2.45, 2.75) is 39.7 Å². The van der Waals surface area contributed by atoms with Crippen LogP contribution in [-0.4, -0.2) is 24.5 Å². The summed E-state index contributed by atoms with van der Waals surface area (Å²) in [6, 6.07) is 5.10. The Morgan fingerprint density at radius 2 is 1.90 bits per heavy atom. The van der Waals surface area contributed by atoms with E-state index in [-0.39, 0.29) is 18.6 Å². The highest BCUT2D eigenvalue weighted by atomic mass is 16.5. The molecule has 0 bridgehead atoms. The molecule has 5 heteroatoms. The average Bonchev–Trinajstić information content (AvgIpc) is 2.41. The molecule has 20 heavy (non-hydrogen) atoms. The van der Waals surface area contributed by atoms with E-state index in [1.165, 1.54) is 6.07 Å². The van der Waals surface area contributed by atoms with Crippen molar-refractivity contribution in [2.75, 3.05) is 12.3 Å². The monoisotopic (exact) mass is 278 g/mol. The summed E-state index contributed by atoms with van der Waals surface area (Å²) in [6.07, 6.45) is 1.70. The predicted octanol–water partition coefficient (Wildman–Crippen LogP) is 2.04. The Bertz CT molecular complexity index is 462. The molecule has 0 aromatic heterocycles. The van der Waals surface area contributed by atoms with E-state index in [0.717, 1.165) is 18.4 Å². The number of nitrogens with two attached hydrogens (primary N) is 1. The number of nitrogens with one attached hydrogen (secondary N) is 1. The number of hydrogen-bond acceptors (Lipinski definition) is 4. The van der Waals surface area contributed by atoms with E-state index in [0.29, 0.717) is 11.3 Å². The van der Waals surface area contributed by atoms with Crippen LogP contribution < -0.4 is 11.1 Å². The topological polar surface area (TPSA) is 81.4 Å². The number of anilines is 1. The first kappa shape index (κ1) is 16.0. The molecule has 0 aliphatic heterocycles. The number of carbonyl (C=O) groups excluding carboxylic acids is 2. The van der Waals surface area contributed by atoms with Crippen LogP contribution in [0.4, 0.5) is 5.69 Å². The maximum absolute atomic E-state index is 11.8. The van der Waals surface area contributed by atoms with Gasteiger partial charge in [-0.2, -0.15) is 0 Å². The Morgan fingerprint density at radius 1 is 1.25 bits per heavy atom. The number of aryl methyl sites for hydroxylation is 1. The Balaban J connectivity index is 2.52. The number of rotatable bonds is 6. The van der Waals surface area contributed by atoms with E-state index in [9.17, 15) is 9.59 Å². The lowest BCUT2D eigenvalue weighted by Gasteiger charge is -2.14. The van der Waals surface area contributed by atoms with Crippen molar-refractivity contribution in [3.05, 3.63) is 29.3 Å². The number of amides is 1. The van der Waals surface area contributed by atoms with Crippen LogP contribution in [0.2, 0.25) is 0 Å². The largest absolute Gasteiger partial charge is 0.452 e. The second-order valence-corrected chi connectivity index (χ2v) is 4.79. The van der Waals surface area contributed by atoms with Crippen LogP contribution in [0.3, 0.4) is 0 Å². The summed E-state index contributed by atoms with van der Waals surface area (Å²) in [5.41, 5.74) is 7.40. The number of esters is 1. The van der Waals surface area contributed by atoms with Crippen LogP contribution in [0.25, 0.3) is 0 Å². The molecule has 0 saturated carbocycles. The van der Waals surface area contributed by atoms with Gasteiger partial charge in [-0.05, 0) is 43.5 Å². The van der Waals surface area contributed by atoms with E-state index in [1.54, 1.807) is 12.1 Å². The van der Waals surface area contributed by atoms with Gasteiger partial charge in [-0.1, -0.05) is 13.8 Å². The van der Waals surface area contributed by atoms with Crippen molar-refractivity contribution in [3.63, 3.8) is 0 Å². The Labute approximate surface area is 119 Å². The first-order chi connectivity index (χ1) is 9.46. The molecule has 5 nitrogen and oxygen atoms in total. The van der Waals surface area contributed by atoms with Gasteiger partial charge in [0.25, 0.3) is 5.91 Å². The van der Waals surface area contributed by atoms with Gasteiger partial charge in [-0.3, -0.25) is 4.79 Å². The zero-order chi connectivity index (χ0) is 15.1. The van der Waals surface area contributed by atoms with Crippen molar-refractivity contribution >= 4 is 17.6 Å². The van der Waals surface area contributed by atoms with Crippen LogP contribution in [0.15, 0.2) is 18.2 Å². The van der Waals surface area contributed by atoms with E-state index >= 15 is 0 Å². The second-order valence-electron chi connectivity index (χ2n) is 4.79. The lowest BCUT2D eigenvalue weighted by molar-refractivity contribution is -0.125. The first-order valence-corrected chi connectivity index (χ1v) is 6.79. The van der Waals surface area contributed by atoms with Gasteiger partial charge in [0.05, 0.1) is 5.56 Å². The van der Waals surface area contributed by atoms with Gasteiger partial charge in [0.1, 0.15) is 0 Å². The normalized spacial score (nSPS) is 10.4. The molecule has 1 aromatic carbocycles. The van der Waals surface area contributed by atoms with Crippen molar-refractivity contribution in [1.29, 1.82) is 0 Å². The molecule has 1 aromatic rings. The molecule has 0 heterocycles. The molecule has 0 spiro atoms. The van der Waals surface area contributed by atoms with Gasteiger partial charge in [0.15, 0.2) is 6.61 Å². The Hall–Kier alpha value is -2.04. The third kappa shape index (κ3) is 4.91. The first-order valence-electron chi connectivity index (χ1n) is 6.79. The second kappa shape index (κ2) is 7.53. The summed E-state index contributed by atoms with van der Waals surface area (Å²) in [5, 5.41) is 2.81. The minimum absolute atomic E-state index is 0.121. The fourth-order valence-electron chi connectivity index (χ4n) is 1.91. The molecular formula is C15H22N2O3. The van der Waals surface area contributed by atoms with Crippen LogP contribution >= 0.6 is 0 Å². The summed E-state index contributed by atoms with van der Waals surface area (Å²) in [5.74, 6) is -0.826. The fourth-order valence-corrected chi connectivity index (χ4v) is 1.91. The zero-order valence-electron chi connectivity index (χ0n) is 12.2. The third-order valence-electron chi connectivity index (χ3n) is 3.02. The molecule has 0 unspecified atom stereocenters. The highest BCUT2D eigenvalue weighted by Gasteiger charge is 2.13. The van der Waals surface area contributed by atoms with Crippen LogP contribution in [0.1, 0.15) is 42.6 Å². The maximum Gasteiger partial charge on any atom is 0.338 e. The SMILES string of the molecule is CCC(CC)NC(=O)COC(=O)c1cc(C)cc(N)c1. The van der Waals surface area contributed by atoms with Crippen LogP contribution in [0, 0.1) is 6.92 Å². The van der Waals surface area contributed by atoms with Crippen molar-refractivity contribution in [1.82, 2.24) is 5.32 Å². The Kier molecular flexibility index (Phi) is 6.03. The maximum atomic E-state index is 11.8. The average molecular weight is 278 g/mol. The van der Waals surface area contributed by atoms with Crippen molar-refractivity contribution in [2.24, 2.45) is 0 Å². The van der Waals surface area contributed by atoms with E-state index in [1.807, 2.05) is 20.8 Å². The number of carbonyl (C=O) groups is 2. The Morgan fingerprint density at radius 3 is 2.45 bits per heavy atom. The number of benzene rings is 1. The summed E-state index contributed by atoms with van der Waals surface area (Å²) in [6.45, 7) is 5.56. The minimum atomic E-state index is -0.542. The van der Waals surface area contributed by atoms with Gasteiger partial charge in [0.2, 0.25) is 0 Å².